The maximum Gasteiger partial charge on any atom is 0.160 e. The third-order valence-corrected chi connectivity index (χ3v) is 2.19. The maximum absolute atomic E-state index is 11.0. The molecule has 0 aromatic heterocycles. The molecule has 1 aromatic carbocycles. The molecule has 0 saturated heterocycles. The minimum atomic E-state index is 0.0978. The van der Waals surface area contributed by atoms with Gasteiger partial charge in [0.25, 0.3) is 0 Å². The zero-order valence-corrected chi connectivity index (χ0v) is 8.10. The van der Waals surface area contributed by atoms with Crippen LogP contribution in [0, 0.1) is 6.92 Å². The fourth-order valence-electron chi connectivity index (χ4n) is 0.909. The Morgan fingerprint density at radius 2 is 2.09 bits per heavy atom. The minimum Gasteiger partial charge on any atom is -0.294 e. The highest BCUT2D eigenvalue weighted by Crippen LogP contribution is 2.18. The van der Waals surface area contributed by atoms with Gasteiger partial charge in [-0.2, -0.15) is 0 Å². The maximum atomic E-state index is 11.0. The van der Waals surface area contributed by atoms with Crippen LogP contribution in [0.1, 0.15) is 22.8 Å². The Morgan fingerprint density at radius 3 is 2.55 bits per heavy atom. The van der Waals surface area contributed by atoms with E-state index in [1.807, 2.05) is 25.1 Å². The Labute approximate surface area is 74.6 Å². The van der Waals surface area contributed by atoms with E-state index >= 15 is 0 Å². The first kappa shape index (κ1) is 8.47. The van der Waals surface area contributed by atoms with Gasteiger partial charge in [0.15, 0.2) is 5.78 Å². The van der Waals surface area contributed by atoms with E-state index in [0.717, 1.165) is 15.6 Å². The molecule has 0 amide bonds. The molecule has 0 aliphatic carbocycles. The number of hydrogen-bond donors (Lipinski definition) is 0. The first-order valence-corrected chi connectivity index (χ1v) is 4.17. The van der Waals surface area contributed by atoms with Crippen LogP contribution in [-0.4, -0.2) is 5.78 Å². The Hall–Kier alpha value is -0.630. The van der Waals surface area contributed by atoms with E-state index in [-0.39, 0.29) is 5.78 Å². The smallest absolute Gasteiger partial charge is 0.160 e. The fraction of sp³-hybridized carbons (Fsp3) is 0.222. The molecule has 0 radical (unpaired) electrons. The summed E-state index contributed by atoms with van der Waals surface area (Å²) in [5.74, 6) is 0.0978. The minimum absolute atomic E-state index is 0.0978. The van der Waals surface area contributed by atoms with Crippen molar-refractivity contribution in [3.8, 4) is 0 Å². The summed E-state index contributed by atoms with van der Waals surface area (Å²) in [6, 6.07) is 5.75. The number of rotatable bonds is 1. The lowest BCUT2D eigenvalue weighted by atomic mass is 10.1. The van der Waals surface area contributed by atoms with Crippen molar-refractivity contribution >= 4 is 21.7 Å². The molecule has 0 spiro atoms. The summed E-state index contributed by atoms with van der Waals surface area (Å²) < 4.78 is 0.871. The topological polar surface area (TPSA) is 17.1 Å². The molecule has 0 heterocycles. The molecule has 0 fully saturated rings. The van der Waals surface area contributed by atoms with Gasteiger partial charge in [0, 0.05) is 10.0 Å². The van der Waals surface area contributed by atoms with Gasteiger partial charge in [-0.05, 0) is 26.0 Å². The predicted octanol–water partition coefficient (Wildman–Crippen LogP) is 2.96. The van der Waals surface area contributed by atoms with E-state index in [9.17, 15) is 4.79 Å². The zero-order valence-electron chi connectivity index (χ0n) is 6.52. The van der Waals surface area contributed by atoms with Crippen molar-refractivity contribution in [1.82, 2.24) is 0 Å². The summed E-state index contributed by atoms with van der Waals surface area (Å²) >= 11 is 3.31. The van der Waals surface area contributed by atoms with Crippen LogP contribution < -0.4 is 0 Å². The van der Waals surface area contributed by atoms with Gasteiger partial charge in [-0.25, -0.2) is 0 Å². The number of carbonyl (C=O) groups excluding carboxylic acids is 1. The third kappa shape index (κ3) is 1.90. The molecular formula is C9H9BrO. The van der Waals surface area contributed by atoms with Gasteiger partial charge in [0.1, 0.15) is 0 Å². The lowest BCUT2D eigenvalue weighted by Gasteiger charge is -2.00. The Morgan fingerprint density at radius 1 is 1.45 bits per heavy atom. The van der Waals surface area contributed by atoms with Crippen molar-refractivity contribution in [2.75, 3.05) is 0 Å². The average Bonchev–Trinajstić information content (AvgIpc) is 1.94. The molecule has 0 N–H and O–H groups in total. The standard InChI is InChI=1S/C9H9BrO/c1-6-3-4-9(10)8(5-6)7(2)11/h3-5H,1-2H3. The first-order chi connectivity index (χ1) is 5.11. The number of hydrogen-bond acceptors (Lipinski definition) is 1. The van der Waals surface area contributed by atoms with Gasteiger partial charge in [-0.3, -0.25) is 4.79 Å². The van der Waals surface area contributed by atoms with Crippen LogP contribution in [0.25, 0.3) is 0 Å². The fourth-order valence-corrected chi connectivity index (χ4v) is 1.43. The number of carbonyl (C=O) groups is 1. The summed E-state index contributed by atoms with van der Waals surface area (Å²) in [7, 11) is 0. The van der Waals surface area contributed by atoms with Crippen molar-refractivity contribution in [2.45, 2.75) is 13.8 Å². The van der Waals surface area contributed by atoms with Crippen LogP contribution >= 0.6 is 15.9 Å². The number of aryl methyl sites for hydroxylation is 1. The van der Waals surface area contributed by atoms with Gasteiger partial charge in [-0.15, -0.1) is 0 Å². The molecule has 0 aliphatic rings. The Balaban J connectivity index is 3.23. The van der Waals surface area contributed by atoms with E-state index < -0.39 is 0 Å². The number of Topliss-reactive ketones (excluding diaryl/α,β-unsaturated/α-hetero) is 1. The van der Waals surface area contributed by atoms with E-state index in [4.69, 9.17) is 0 Å². The highest BCUT2D eigenvalue weighted by Gasteiger charge is 2.03. The van der Waals surface area contributed by atoms with Gasteiger partial charge in [0.2, 0.25) is 0 Å². The molecular weight excluding hydrogens is 204 g/mol. The summed E-state index contributed by atoms with van der Waals surface area (Å²) in [5, 5.41) is 0. The third-order valence-electron chi connectivity index (χ3n) is 1.50. The molecule has 1 nitrogen and oxygen atoms in total. The van der Waals surface area contributed by atoms with E-state index in [1.54, 1.807) is 6.92 Å². The second kappa shape index (κ2) is 3.18. The second-order valence-corrected chi connectivity index (χ2v) is 3.39. The van der Waals surface area contributed by atoms with E-state index in [1.165, 1.54) is 0 Å². The first-order valence-electron chi connectivity index (χ1n) is 3.38. The largest absolute Gasteiger partial charge is 0.294 e. The number of ketones is 1. The van der Waals surface area contributed by atoms with Crippen molar-refractivity contribution in [2.24, 2.45) is 0 Å². The molecule has 11 heavy (non-hydrogen) atoms. The van der Waals surface area contributed by atoms with Crippen LogP contribution in [0.15, 0.2) is 22.7 Å². The van der Waals surface area contributed by atoms with Crippen molar-refractivity contribution < 1.29 is 4.79 Å². The van der Waals surface area contributed by atoms with Crippen LogP contribution in [0.3, 0.4) is 0 Å². The highest BCUT2D eigenvalue weighted by molar-refractivity contribution is 9.10. The molecule has 1 rings (SSSR count). The van der Waals surface area contributed by atoms with Gasteiger partial charge < -0.3 is 0 Å². The second-order valence-electron chi connectivity index (χ2n) is 2.54. The highest BCUT2D eigenvalue weighted by atomic mass is 79.9. The molecule has 0 saturated carbocycles. The van der Waals surface area contributed by atoms with Gasteiger partial charge in [0.05, 0.1) is 0 Å². The molecule has 0 atom stereocenters. The molecule has 2 heteroatoms. The van der Waals surface area contributed by atoms with Crippen molar-refractivity contribution in [1.29, 1.82) is 0 Å². The predicted molar refractivity (Wildman–Crippen MR) is 48.9 cm³/mol. The van der Waals surface area contributed by atoms with Crippen molar-refractivity contribution in [3.63, 3.8) is 0 Å². The van der Waals surface area contributed by atoms with E-state index in [2.05, 4.69) is 15.9 Å². The summed E-state index contributed by atoms with van der Waals surface area (Å²) in [6.07, 6.45) is 0. The Bertz CT molecular complexity index is 292. The molecule has 0 unspecified atom stereocenters. The zero-order chi connectivity index (χ0) is 8.43. The van der Waals surface area contributed by atoms with Crippen LogP contribution in [0.2, 0.25) is 0 Å². The van der Waals surface area contributed by atoms with E-state index in [0.29, 0.717) is 0 Å². The lowest BCUT2D eigenvalue weighted by molar-refractivity contribution is 0.101. The molecule has 0 aliphatic heterocycles. The van der Waals surface area contributed by atoms with Gasteiger partial charge in [-0.1, -0.05) is 27.6 Å². The molecule has 1 aromatic rings. The lowest BCUT2D eigenvalue weighted by Crippen LogP contribution is -1.93. The normalized spacial score (nSPS) is 9.73. The summed E-state index contributed by atoms with van der Waals surface area (Å²) in [5.41, 5.74) is 1.86. The average molecular weight is 213 g/mol. The molecule has 58 valence electrons. The Kier molecular flexibility index (Phi) is 2.45. The van der Waals surface area contributed by atoms with Crippen LogP contribution in [0.5, 0.6) is 0 Å². The number of halogens is 1. The quantitative estimate of drug-likeness (QED) is 0.655. The van der Waals surface area contributed by atoms with Gasteiger partial charge >= 0.3 is 0 Å². The summed E-state index contributed by atoms with van der Waals surface area (Å²) in [4.78, 5) is 11.0. The number of benzene rings is 1. The van der Waals surface area contributed by atoms with Crippen LogP contribution in [-0.2, 0) is 0 Å². The molecule has 0 bridgehead atoms. The van der Waals surface area contributed by atoms with Crippen LogP contribution in [0.4, 0.5) is 0 Å². The summed E-state index contributed by atoms with van der Waals surface area (Å²) in [6.45, 7) is 3.54. The van der Waals surface area contributed by atoms with Crippen molar-refractivity contribution in [3.05, 3.63) is 33.8 Å². The SMILES string of the molecule is CC(=O)c1cc(C)ccc1Br. The monoisotopic (exact) mass is 212 g/mol.